The molecule has 1 heterocycles. The molecule has 0 atom stereocenters. The molecule has 108 valence electrons. The van der Waals surface area contributed by atoms with Gasteiger partial charge in [0.2, 0.25) is 0 Å². The van der Waals surface area contributed by atoms with E-state index in [1.54, 1.807) is 17.0 Å². The van der Waals surface area contributed by atoms with Crippen LogP contribution in [0.15, 0.2) is 48.5 Å². The minimum absolute atomic E-state index is 0.112. The molecule has 21 heavy (non-hydrogen) atoms. The minimum atomic E-state index is -0.376. The number of nitrogens with two attached hydrogens (primary N) is 1. The number of benzene rings is 2. The number of rotatable bonds is 1. The molecule has 0 spiro atoms. The lowest BCUT2D eigenvalue weighted by Gasteiger charge is -2.20. The number of fused-ring (bicyclic) bond motifs is 1. The van der Waals surface area contributed by atoms with Crippen LogP contribution in [-0.2, 0) is 5.41 Å². The zero-order valence-corrected chi connectivity index (χ0v) is 12.2. The number of amides is 1. The highest BCUT2D eigenvalue weighted by atomic mass is 16.6. The van der Waals surface area contributed by atoms with Gasteiger partial charge in [0.1, 0.15) is 5.75 Å². The van der Waals surface area contributed by atoms with Crippen molar-refractivity contribution in [2.75, 3.05) is 17.2 Å². The average molecular weight is 282 g/mol. The van der Waals surface area contributed by atoms with E-state index in [9.17, 15) is 4.79 Å². The van der Waals surface area contributed by atoms with Gasteiger partial charge in [0.25, 0.3) is 0 Å². The maximum atomic E-state index is 12.4. The van der Waals surface area contributed by atoms with Gasteiger partial charge >= 0.3 is 6.09 Å². The molecule has 0 fully saturated rings. The summed E-state index contributed by atoms with van der Waals surface area (Å²) in [6.45, 7) is 4.80. The summed E-state index contributed by atoms with van der Waals surface area (Å²) in [5.41, 5.74) is 8.33. The molecule has 1 aliphatic rings. The van der Waals surface area contributed by atoms with Gasteiger partial charge in [-0.25, -0.2) is 4.79 Å². The van der Waals surface area contributed by atoms with Crippen LogP contribution in [0.4, 0.5) is 16.2 Å². The monoisotopic (exact) mass is 282 g/mol. The molecule has 1 aliphatic heterocycles. The van der Waals surface area contributed by atoms with Gasteiger partial charge in [-0.3, -0.25) is 4.90 Å². The lowest BCUT2D eigenvalue weighted by atomic mass is 9.87. The van der Waals surface area contributed by atoms with Crippen LogP contribution in [0.25, 0.3) is 0 Å². The van der Waals surface area contributed by atoms with Crippen molar-refractivity contribution in [1.82, 2.24) is 0 Å². The number of para-hydroxylation sites is 1. The van der Waals surface area contributed by atoms with Gasteiger partial charge in [0.15, 0.2) is 0 Å². The molecule has 4 heteroatoms. The fourth-order valence-electron chi connectivity index (χ4n) is 2.72. The van der Waals surface area contributed by atoms with Gasteiger partial charge in [-0.1, -0.05) is 38.1 Å². The van der Waals surface area contributed by atoms with Crippen molar-refractivity contribution >= 4 is 17.5 Å². The highest BCUT2D eigenvalue weighted by molar-refractivity contribution is 5.93. The topological polar surface area (TPSA) is 55.6 Å². The van der Waals surface area contributed by atoms with Crippen molar-refractivity contribution in [3.63, 3.8) is 0 Å². The second kappa shape index (κ2) is 4.81. The predicted molar refractivity (Wildman–Crippen MR) is 83.7 cm³/mol. The van der Waals surface area contributed by atoms with E-state index in [0.29, 0.717) is 18.0 Å². The number of ether oxygens (including phenoxy) is 1. The molecule has 2 aromatic carbocycles. The minimum Gasteiger partial charge on any atom is -0.410 e. The number of hydrogen-bond acceptors (Lipinski definition) is 3. The molecule has 3 rings (SSSR count). The van der Waals surface area contributed by atoms with E-state index in [1.165, 1.54) is 0 Å². The fraction of sp³-hybridized carbons (Fsp3) is 0.235. The molecule has 0 radical (unpaired) electrons. The van der Waals surface area contributed by atoms with E-state index in [2.05, 4.69) is 13.8 Å². The summed E-state index contributed by atoms with van der Waals surface area (Å²) >= 11 is 0. The molecule has 4 nitrogen and oxygen atoms in total. The number of anilines is 2. The third kappa shape index (κ3) is 2.44. The second-order valence-corrected chi connectivity index (χ2v) is 5.93. The van der Waals surface area contributed by atoms with Crippen molar-refractivity contribution in [2.24, 2.45) is 0 Å². The van der Waals surface area contributed by atoms with Crippen molar-refractivity contribution in [1.29, 1.82) is 0 Å². The molecular weight excluding hydrogens is 264 g/mol. The Balaban J connectivity index is 1.91. The SMILES string of the molecule is CC1(C)CN(C(=O)Oc2ccccc2)c2cc(N)ccc21. The Morgan fingerprint density at radius 1 is 1.19 bits per heavy atom. The summed E-state index contributed by atoms with van der Waals surface area (Å²) < 4.78 is 5.43. The Kier molecular flexibility index (Phi) is 3.09. The molecular formula is C17H18N2O2. The van der Waals surface area contributed by atoms with Crippen molar-refractivity contribution < 1.29 is 9.53 Å². The molecule has 1 amide bonds. The Bertz CT molecular complexity index is 680. The molecule has 0 unspecified atom stereocenters. The van der Waals surface area contributed by atoms with Crippen LogP contribution in [0.2, 0.25) is 0 Å². The van der Waals surface area contributed by atoms with Gasteiger partial charge in [-0.2, -0.15) is 0 Å². The van der Waals surface area contributed by atoms with E-state index in [-0.39, 0.29) is 11.5 Å². The van der Waals surface area contributed by atoms with Crippen LogP contribution in [0.1, 0.15) is 19.4 Å². The van der Waals surface area contributed by atoms with Gasteiger partial charge < -0.3 is 10.5 Å². The van der Waals surface area contributed by atoms with Crippen LogP contribution in [0.5, 0.6) is 5.75 Å². The predicted octanol–water partition coefficient (Wildman–Crippen LogP) is 3.57. The Hall–Kier alpha value is -2.49. The van der Waals surface area contributed by atoms with E-state index in [1.807, 2.05) is 36.4 Å². The van der Waals surface area contributed by atoms with Crippen LogP contribution < -0.4 is 15.4 Å². The van der Waals surface area contributed by atoms with Gasteiger partial charge in [-0.15, -0.1) is 0 Å². The highest BCUT2D eigenvalue weighted by Crippen LogP contribution is 2.41. The van der Waals surface area contributed by atoms with Crippen molar-refractivity contribution in [3.8, 4) is 5.75 Å². The van der Waals surface area contributed by atoms with Gasteiger partial charge in [-0.05, 0) is 29.8 Å². The number of carbonyl (C=O) groups excluding carboxylic acids is 1. The molecule has 0 bridgehead atoms. The van der Waals surface area contributed by atoms with E-state index >= 15 is 0 Å². The number of hydrogen-bond donors (Lipinski definition) is 1. The van der Waals surface area contributed by atoms with E-state index < -0.39 is 0 Å². The molecule has 2 aromatic rings. The summed E-state index contributed by atoms with van der Waals surface area (Å²) in [5.74, 6) is 0.539. The van der Waals surface area contributed by atoms with Crippen molar-refractivity contribution in [2.45, 2.75) is 19.3 Å². The lowest BCUT2D eigenvalue weighted by molar-refractivity contribution is 0.207. The Labute approximate surface area is 124 Å². The quantitative estimate of drug-likeness (QED) is 0.814. The van der Waals surface area contributed by atoms with E-state index in [4.69, 9.17) is 10.5 Å². The maximum absolute atomic E-state index is 12.4. The standard InChI is InChI=1S/C17H18N2O2/c1-17(2)11-19(15-10-12(18)8-9-14(15)17)16(20)21-13-6-4-3-5-7-13/h3-10H,11,18H2,1-2H3. The van der Waals surface area contributed by atoms with Gasteiger partial charge in [0.05, 0.1) is 5.69 Å². The number of carbonyl (C=O) groups is 1. The normalized spacial score (nSPS) is 15.6. The molecule has 0 aliphatic carbocycles. The zero-order chi connectivity index (χ0) is 15.0. The number of nitrogen functional groups attached to an aromatic ring is 1. The first kappa shape index (κ1) is 13.5. The summed E-state index contributed by atoms with van der Waals surface area (Å²) in [6, 6.07) is 14.8. The molecule has 2 N–H and O–H groups in total. The molecule has 0 saturated heterocycles. The largest absolute Gasteiger partial charge is 0.419 e. The number of nitrogens with zero attached hydrogens (tertiary/aromatic N) is 1. The first-order chi connectivity index (χ1) is 9.97. The summed E-state index contributed by atoms with van der Waals surface area (Å²) in [5, 5.41) is 0. The molecule has 0 aromatic heterocycles. The average Bonchev–Trinajstić information content (AvgIpc) is 2.71. The maximum Gasteiger partial charge on any atom is 0.419 e. The lowest BCUT2D eigenvalue weighted by Crippen LogP contribution is -2.35. The van der Waals surface area contributed by atoms with Crippen LogP contribution in [-0.4, -0.2) is 12.6 Å². The Morgan fingerprint density at radius 2 is 1.90 bits per heavy atom. The van der Waals surface area contributed by atoms with Gasteiger partial charge in [0, 0.05) is 17.6 Å². The summed E-state index contributed by atoms with van der Waals surface area (Å²) in [7, 11) is 0. The third-order valence-electron chi connectivity index (χ3n) is 3.76. The summed E-state index contributed by atoms with van der Waals surface area (Å²) in [6.07, 6.45) is -0.376. The first-order valence-electron chi connectivity index (χ1n) is 6.92. The summed E-state index contributed by atoms with van der Waals surface area (Å²) in [4.78, 5) is 14.1. The highest BCUT2D eigenvalue weighted by Gasteiger charge is 2.38. The Morgan fingerprint density at radius 3 is 2.62 bits per heavy atom. The van der Waals surface area contributed by atoms with Crippen molar-refractivity contribution in [3.05, 3.63) is 54.1 Å². The van der Waals surface area contributed by atoms with Crippen LogP contribution >= 0.6 is 0 Å². The smallest absolute Gasteiger partial charge is 0.410 e. The van der Waals surface area contributed by atoms with Crippen LogP contribution in [0, 0.1) is 0 Å². The first-order valence-corrected chi connectivity index (χ1v) is 6.92. The second-order valence-electron chi connectivity index (χ2n) is 5.93. The third-order valence-corrected chi connectivity index (χ3v) is 3.76. The zero-order valence-electron chi connectivity index (χ0n) is 12.2. The fourth-order valence-corrected chi connectivity index (χ4v) is 2.72. The van der Waals surface area contributed by atoms with Crippen LogP contribution in [0.3, 0.4) is 0 Å². The van der Waals surface area contributed by atoms with E-state index in [0.717, 1.165) is 11.3 Å². The molecule has 0 saturated carbocycles.